The average Bonchev–Trinajstić information content (AvgIpc) is 2.35. The number of benzene rings is 1. The molecule has 1 aromatic carbocycles. The number of nitrogens with one attached hydrogen (secondary N) is 1. The first-order valence-corrected chi connectivity index (χ1v) is 6.60. The molecule has 0 aliphatic rings. The Bertz CT molecular complexity index is 312. The minimum absolute atomic E-state index is 0.304. The zero-order valence-corrected chi connectivity index (χ0v) is 11.3. The number of hydrogen-bond acceptors (Lipinski definition) is 2. The molecule has 17 heavy (non-hydrogen) atoms. The van der Waals surface area contributed by atoms with Gasteiger partial charge in [0.1, 0.15) is 0 Å². The van der Waals surface area contributed by atoms with E-state index in [2.05, 4.69) is 43.4 Å². The molecule has 1 rings (SSSR count). The van der Waals surface area contributed by atoms with Crippen molar-refractivity contribution in [1.29, 1.82) is 0 Å². The predicted octanol–water partition coefficient (Wildman–Crippen LogP) is 3.46. The van der Waals surface area contributed by atoms with Crippen LogP contribution in [0.1, 0.15) is 43.4 Å². The molecule has 0 saturated heterocycles. The van der Waals surface area contributed by atoms with Gasteiger partial charge in [0.25, 0.3) is 0 Å². The molecule has 0 spiro atoms. The molecule has 1 unspecified atom stereocenters. The molecule has 2 heteroatoms. The van der Waals surface area contributed by atoms with Crippen molar-refractivity contribution >= 4 is 0 Å². The number of ether oxygens (including phenoxy) is 1. The van der Waals surface area contributed by atoms with E-state index in [1.807, 2.05) is 7.05 Å². The summed E-state index contributed by atoms with van der Waals surface area (Å²) in [5.74, 6) is 0. The summed E-state index contributed by atoms with van der Waals surface area (Å²) < 4.78 is 5.74. The Balaban J connectivity index is 2.41. The van der Waals surface area contributed by atoms with E-state index in [9.17, 15) is 0 Å². The number of aryl methyl sites for hydroxylation is 1. The van der Waals surface area contributed by atoms with Crippen molar-refractivity contribution in [2.45, 2.75) is 39.2 Å². The molecule has 2 nitrogen and oxygen atoms in total. The van der Waals surface area contributed by atoms with Gasteiger partial charge in [-0.3, -0.25) is 0 Å². The summed E-state index contributed by atoms with van der Waals surface area (Å²) in [5.41, 5.74) is 2.66. The van der Waals surface area contributed by atoms with Crippen molar-refractivity contribution in [3.05, 3.63) is 35.4 Å². The van der Waals surface area contributed by atoms with Crippen LogP contribution in [0.2, 0.25) is 0 Å². The Kier molecular flexibility index (Phi) is 6.90. The van der Waals surface area contributed by atoms with Gasteiger partial charge < -0.3 is 10.1 Å². The monoisotopic (exact) mass is 235 g/mol. The number of unbranched alkanes of at least 4 members (excludes halogenated alkanes) is 2. The van der Waals surface area contributed by atoms with Gasteiger partial charge in [0.2, 0.25) is 0 Å². The molecule has 0 fully saturated rings. The van der Waals surface area contributed by atoms with Crippen molar-refractivity contribution in [3.8, 4) is 0 Å². The maximum absolute atomic E-state index is 5.74. The van der Waals surface area contributed by atoms with Gasteiger partial charge in [-0.25, -0.2) is 0 Å². The predicted molar refractivity (Wildman–Crippen MR) is 73.3 cm³/mol. The van der Waals surface area contributed by atoms with Crippen LogP contribution >= 0.6 is 0 Å². The van der Waals surface area contributed by atoms with E-state index in [1.165, 1.54) is 30.4 Å². The molecule has 0 aliphatic heterocycles. The van der Waals surface area contributed by atoms with E-state index in [1.54, 1.807) is 0 Å². The van der Waals surface area contributed by atoms with Crippen molar-refractivity contribution in [3.63, 3.8) is 0 Å². The molecule has 0 amide bonds. The molecule has 0 aromatic heterocycles. The summed E-state index contributed by atoms with van der Waals surface area (Å²) >= 11 is 0. The second-order valence-corrected chi connectivity index (χ2v) is 4.48. The molecule has 0 saturated carbocycles. The van der Waals surface area contributed by atoms with E-state index in [0.717, 1.165) is 13.2 Å². The molecule has 1 N–H and O–H groups in total. The maximum Gasteiger partial charge on any atom is 0.0661 e. The minimum atomic E-state index is 0.304. The van der Waals surface area contributed by atoms with Gasteiger partial charge in [0.05, 0.1) is 12.6 Å². The highest BCUT2D eigenvalue weighted by molar-refractivity contribution is 5.28. The fourth-order valence-corrected chi connectivity index (χ4v) is 1.96. The normalized spacial score (nSPS) is 12.6. The first-order valence-electron chi connectivity index (χ1n) is 6.60. The van der Waals surface area contributed by atoms with Crippen LogP contribution in [0.4, 0.5) is 0 Å². The molecule has 1 aromatic rings. The van der Waals surface area contributed by atoms with Gasteiger partial charge in [-0.1, -0.05) is 44.0 Å². The summed E-state index contributed by atoms with van der Waals surface area (Å²) in [7, 11) is 1.99. The maximum atomic E-state index is 5.74. The van der Waals surface area contributed by atoms with Crippen molar-refractivity contribution in [2.24, 2.45) is 0 Å². The van der Waals surface area contributed by atoms with Crippen LogP contribution in [0.5, 0.6) is 0 Å². The molecule has 0 aliphatic carbocycles. The van der Waals surface area contributed by atoms with Crippen molar-refractivity contribution < 1.29 is 4.74 Å². The Labute approximate surface area is 105 Å². The van der Waals surface area contributed by atoms with Crippen LogP contribution < -0.4 is 5.32 Å². The minimum Gasteiger partial charge on any atom is -0.379 e. The van der Waals surface area contributed by atoms with Crippen LogP contribution in [0.3, 0.4) is 0 Å². The lowest BCUT2D eigenvalue weighted by atomic mass is 10.0. The summed E-state index contributed by atoms with van der Waals surface area (Å²) in [4.78, 5) is 0. The van der Waals surface area contributed by atoms with Crippen molar-refractivity contribution in [1.82, 2.24) is 5.32 Å². The zero-order chi connectivity index (χ0) is 12.5. The quantitative estimate of drug-likeness (QED) is 0.697. The highest BCUT2D eigenvalue weighted by Crippen LogP contribution is 2.17. The largest absolute Gasteiger partial charge is 0.379 e. The Hall–Kier alpha value is -0.860. The first-order chi connectivity index (χ1) is 8.29. The summed E-state index contributed by atoms with van der Waals surface area (Å²) in [5, 5.41) is 3.33. The lowest BCUT2D eigenvalue weighted by molar-refractivity contribution is 0.110. The van der Waals surface area contributed by atoms with Gasteiger partial charge in [0.15, 0.2) is 0 Å². The van der Waals surface area contributed by atoms with Crippen LogP contribution in [0, 0.1) is 6.92 Å². The molecule has 0 bridgehead atoms. The number of hydrogen-bond donors (Lipinski definition) is 1. The van der Waals surface area contributed by atoms with Gasteiger partial charge in [-0.15, -0.1) is 0 Å². The van der Waals surface area contributed by atoms with Gasteiger partial charge in [-0.05, 0) is 31.5 Å². The average molecular weight is 235 g/mol. The third-order valence-corrected chi connectivity index (χ3v) is 3.09. The lowest BCUT2D eigenvalue weighted by Crippen LogP contribution is -2.22. The Morgan fingerprint density at radius 3 is 2.65 bits per heavy atom. The van der Waals surface area contributed by atoms with E-state index >= 15 is 0 Å². The second-order valence-electron chi connectivity index (χ2n) is 4.48. The Morgan fingerprint density at radius 2 is 2.00 bits per heavy atom. The highest BCUT2D eigenvalue weighted by atomic mass is 16.5. The van der Waals surface area contributed by atoms with Crippen LogP contribution in [0.25, 0.3) is 0 Å². The van der Waals surface area contributed by atoms with Crippen LogP contribution in [-0.2, 0) is 4.74 Å². The molecular formula is C15H25NO. The smallest absolute Gasteiger partial charge is 0.0661 e. The first kappa shape index (κ1) is 14.2. The highest BCUT2D eigenvalue weighted by Gasteiger charge is 2.10. The third-order valence-electron chi connectivity index (χ3n) is 3.09. The summed E-state index contributed by atoms with van der Waals surface area (Å²) in [6.07, 6.45) is 3.67. The molecule has 0 heterocycles. The van der Waals surface area contributed by atoms with Crippen LogP contribution in [-0.4, -0.2) is 20.3 Å². The fourth-order valence-electron chi connectivity index (χ4n) is 1.96. The number of likely N-dealkylation sites (N-methyl/N-ethyl adjacent to an activating group) is 1. The van der Waals surface area contributed by atoms with E-state index in [-0.39, 0.29) is 0 Å². The van der Waals surface area contributed by atoms with Gasteiger partial charge >= 0.3 is 0 Å². The molecule has 1 atom stereocenters. The SMILES string of the molecule is CCCCCOCC(NC)c1ccccc1C. The Morgan fingerprint density at radius 1 is 1.24 bits per heavy atom. The number of rotatable bonds is 8. The van der Waals surface area contributed by atoms with Crippen molar-refractivity contribution in [2.75, 3.05) is 20.3 Å². The second kappa shape index (κ2) is 8.26. The molecule has 96 valence electrons. The van der Waals surface area contributed by atoms with E-state index < -0.39 is 0 Å². The standard InChI is InChI=1S/C15H25NO/c1-4-5-8-11-17-12-15(16-3)14-10-7-6-9-13(14)2/h6-7,9-10,15-16H,4-5,8,11-12H2,1-3H3. The zero-order valence-electron chi connectivity index (χ0n) is 11.3. The van der Waals surface area contributed by atoms with E-state index in [4.69, 9.17) is 4.74 Å². The molecule has 0 radical (unpaired) electrons. The molecular weight excluding hydrogens is 210 g/mol. The third kappa shape index (κ3) is 4.88. The van der Waals surface area contributed by atoms with Gasteiger partial charge in [-0.2, -0.15) is 0 Å². The van der Waals surface area contributed by atoms with E-state index in [0.29, 0.717) is 6.04 Å². The summed E-state index contributed by atoms with van der Waals surface area (Å²) in [6.45, 7) is 5.99. The van der Waals surface area contributed by atoms with Crippen LogP contribution in [0.15, 0.2) is 24.3 Å². The topological polar surface area (TPSA) is 21.3 Å². The van der Waals surface area contributed by atoms with Gasteiger partial charge in [0, 0.05) is 6.61 Å². The fraction of sp³-hybridized carbons (Fsp3) is 0.600. The summed E-state index contributed by atoms with van der Waals surface area (Å²) in [6, 6.07) is 8.79. The lowest BCUT2D eigenvalue weighted by Gasteiger charge is -2.18.